The molecule has 3 aliphatic rings. The van der Waals surface area contributed by atoms with Crippen LogP contribution in [-0.4, -0.2) is 24.4 Å². The molecule has 5 nitrogen and oxygen atoms in total. The number of fused-ring (bicyclic) bond motifs is 8. The lowest BCUT2D eigenvalue weighted by atomic mass is 9.96. The van der Waals surface area contributed by atoms with E-state index in [0.717, 1.165) is 22.4 Å². The second-order valence-corrected chi connectivity index (χ2v) is 12.0. The fraction of sp³-hybridized carbons (Fsp3) is 0.0488. The summed E-state index contributed by atoms with van der Waals surface area (Å²) in [4.78, 5) is 17.6. The molecule has 2 aromatic heterocycles. The minimum Gasteiger partial charge on any atom is -0.348 e. The molecule has 5 aromatic carbocycles. The van der Waals surface area contributed by atoms with Crippen LogP contribution in [0.3, 0.4) is 0 Å². The topological polar surface area (TPSA) is 46.8 Å². The van der Waals surface area contributed by atoms with Gasteiger partial charge in [-0.1, -0.05) is 127 Å². The van der Waals surface area contributed by atoms with Gasteiger partial charge in [0.05, 0.1) is 23.3 Å². The molecule has 0 saturated carbocycles. The Balaban J connectivity index is 1.19. The predicted molar refractivity (Wildman–Crippen MR) is 183 cm³/mol. The smallest absolute Gasteiger partial charge is 0.164 e. The number of rotatable bonds is 4. The maximum atomic E-state index is 5.03. The standard InChI is InChI=1S/C41H27N5/c1-3-13-26(14-4-1)39-42-40(27-15-5-2-6-16-27)44-41(43-39)28-17-11-18-29(25-28)45-34-22-10-9-21-32(34)36-35-24-12-23-33-30-19-7-8-20-31(30)37(38(36)45)46(33)35/h1-25,35,37H. The average molecular weight is 590 g/mol. The van der Waals surface area contributed by atoms with Gasteiger partial charge in [-0.05, 0) is 29.8 Å². The van der Waals surface area contributed by atoms with Crippen LogP contribution >= 0.6 is 0 Å². The summed E-state index contributed by atoms with van der Waals surface area (Å²) in [5.41, 5.74) is 11.9. The van der Waals surface area contributed by atoms with Gasteiger partial charge in [0.15, 0.2) is 17.5 Å². The molecule has 0 bridgehead atoms. The lowest BCUT2D eigenvalue weighted by Crippen LogP contribution is -2.21. The normalized spacial score (nSPS) is 17.1. The van der Waals surface area contributed by atoms with Gasteiger partial charge in [-0.25, -0.2) is 15.0 Å². The monoisotopic (exact) mass is 589 g/mol. The first-order chi connectivity index (χ1) is 22.8. The van der Waals surface area contributed by atoms with Crippen molar-refractivity contribution in [1.29, 1.82) is 0 Å². The van der Waals surface area contributed by atoms with Crippen LogP contribution in [-0.2, 0) is 0 Å². The van der Waals surface area contributed by atoms with Crippen LogP contribution in [0, 0.1) is 0 Å². The van der Waals surface area contributed by atoms with E-state index in [-0.39, 0.29) is 12.1 Å². The number of para-hydroxylation sites is 1. The molecule has 216 valence electrons. The third-order valence-corrected chi connectivity index (χ3v) is 9.50. The molecule has 5 heterocycles. The molecule has 0 N–H and O–H groups in total. The number of aromatic nitrogens is 4. The SMILES string of the molecule is C1=CC2c3c(n(-c4cccc(-c5nc(-c6ccccc6)nc(-c6ccccc6)n5)c4)c4ccccc34)C3c4ccccc4C(=C1)N23. The Hall–Kier alpha value is -6.07. The van der Waals surface area contributed by atoms with Crippen molar-refractivity contribution in [3.63, 3.8) is 0 Å². The lowest BCUT2D eigenvalue weighted by molar-refractivity contribution is 0.339. The van der Waals surface area contributed by atoms with Crippen molar-refractivity contribution in [3.05, 3.63) is 174 Å². The van der Waals surface area contributed by atoms with E-state index >= 15 is 0 Å². The van der Waals surface area contributed by atoms with Crippen LogP contribution in [0.15, 0.2) is 152 Å². The van der Waals surface area contributed by atoms with Gasteiger partial charge in [0.2, 0.25) is 0 Å². The van der Waals surface area contributed by atoms with Crippen LogP contribution in [0.1, 0.15) is 34.5 Å². The first-order valence-electron chi connectivity index (χ1n) is 15.7. The maximum absolute atomic E-state index is 5.03. The van der Waals surface area contributed by atoms with Crippen LogP contribution in [0.2, 0.25) is 0 Å². The van der Waals surface area contributed by atoms with Gasteiger partial charge in [0.25, 0.3) is 0 Å². The van der Waals surface area contributed by atoms with Crippen LogP contribution < -0.4 is 0 Å². The quantitative estimate of drug-likeness (QED) is 0.205. The Bertz CT molecular complexity index is 2330. The highest BCUT2D eigenvalue weighted by Crippen LogP contribution is 2.59. The summed E-state index contributed by atoms with van der Waals surface area (Å²) in [5.74, 6) is 1.97. The van der Waals surface area contributed by atoms with Crippen molar-refractivity contribution in [2.45, 2.75) is 12.1 Å². The summed E-state index contributed by atoms with van der Waals surface area (Å²) in [5, 5.41) is 1.29. The zero-order valence-electron chi connectivity index (χ0n) is 24.8. The molecule has 2 atom stereocenters. The number of hydrogen-bond acceptors (Lipinski definition) is 4. The number of hydrogen-bond donors (Lipinski definition) is 0. The fourth-order valence-corrected chi connectivity index (χ4v) is 7.61. The van der Waals surface area contributed by atoms with Crippen molar-refractivity contribution in [2.75, 3.05) is 0 Å². The molecule has 2 unspecified atom stereocenters. The molecule has 46 heavy (non-hydrogen) atoms. The highest BCUT2D eigenvalue weighted by Gasteiger charge is 2.49. The molecule has 0 saturated heterocycles. The van der Waals surface area contributed by atoms with Gasteiger partial charge >= 0.3 is 0 Å². The minimum atomic E-state index is 0.134. The molecule has 0 fully saturated rings. The number of benzene rings is 5. The van der Waals surface area contributed by atoms with Gasteiger partial charge in [-0.2, -0.15) is 0 Å². The van der Waals surface area contributed by atoms with Crippen LogP contribution in [0.25, 0.3) is 56.5 Å². The zero-order chi connectivity index (χ0) is 30.2. The van der Waals surface area contributed by atoms with E-state index in [1.165, 1.54) is 39.0 Å². The number of allylic oxidation sites excluding steroid dienone is 2. The van der Waals surface area contributed by atoms with Gasteiger partial charge in [0.1, 0.15) is 0 Å². The summed E-state index contributed by atoms with van der Waals surface area (Å²) in [6.07, 6.45) is 6.85. The van der Waals surface area contributed by atoms with Crippen LogP contribution in [0.5, 0.6) is 0 Å². The Labute approximate surface area is 266 Å². The average Bonchev–Trinajstić information content (AvgIpc) is 3.77. The molecule has 0 amide bonds. The molecule has 7 aromatic rings. The van der Waals surface area contributed by atoms with Gasteiger partial charge in [-0.15, -0.1) is 0 Å². The van der Waals surface area contributed by atoms with E-state index in [9.17, 15) is 0 Å². The third kappa shape index (κ3) is 3.60. The summed E-state index contributed by atoms with van der Waals surface area (Å²) in [6.45, 7) is 0. The van der Waals surface area contributed by atoms with Gasteiger partial charge in [0, 0.05) is 44.6 Å². The molecule has 0 radical (unpaired) electrons. The van der Waals surface area contributed by atoms with E-state index in [1.54, 1.807) is 0 Å². The molecule has 5 heteroatoms. The predicted octanol–water partition coefficient (Wildman–Crippen LogP) is 9.19. The summed E-state index contributed by atoms with van der Waals surface area (Å²) in [6, 6.07) is 47.0. The third-order valence-electron chi connectivity index (χ3n) is 9.50. The molecule has 0 spiro atoms. The Morgan fingerprint density at radius 1 is 0.565 bits per heavy atom. The van der Waals surface area contributed by atoms with Crippen molar-refractivity contribution < 1.29 is 0 Å². The van der Waals surface area contributed by atoms with Crippen molar-refractivity contribution in [1.82, 2.24) is 24.4 Å². The molecule has 3 aliphatic heterocycles. The van der Waals surface area contributed by atoms with E-state index in [2.05, 4.69) is 100 Å². The Morgan fingerprint density at radius 2 is 1.20 bits per heavy atom. The first kappa shape index (κ1) is 25.3. The van der Waals surface area contributed by atoms with Gasteiger partial charge in [-0.3, -0.25) is 0 Å². The van der Waals surface area contributed by atoms with Crippen molar-refractivity contribution >= 4 is 16.6 Å². The first-order valence-corrected chi connectivity index (χ1v) is 15.7. The summed E-state index contributed by atoms with van der Waals surface area (Å²) < 4.78 is 2.47. The number of nitrogens with zero attached hydrogens (tertiary/aromatic N) is 5. The van der Waals surface area contributed by atoms with E-state index in [1.807, 2.05) is 60.7 Å². The van der Waals surface area contributed by atoms with Crippen molar-refractivity contribution in [2.24, 2.45) is 0 Å². The molecular formula is C41H27N5. The molecule has 0 aliphatic carbocycles. The minimum absolute atomic E-state index is 0.134. The highest BCUT2D eigenvalue weighted by molar-refractivity contribution is 5.92. The maximum Gasteiger partial charge on any atom is 0.164 e. The second kappa shape index (κ2) is 9.71. The van der Waals surface area contributed by atoms with Crippen molar-refractivity contribution in [3.8, 4) is 39.9 Å². The summed E-state index contributed by atoms with van der Waals surface area (Å²) in [7, 11) is 0. The Morgan fingerprint density at radius 3 is 1.96 bits per heavy atom. The summed E-state index contributed by atoms with van der Waals surface area (Å²) >= 11 is 0. The fourth-order valence-electron chi connectivity index (χ4n) is 7.61. The van der Waals surface area contributed by atoms with E-state index in [0.29, 0.717) is 17.5 Å². The van der Waals surface area contributed by atoms with E-state index in [4.69, 9.17) is 15.0 Å². The highest BCUT2D eigenvalue weighted by atomic mass is 15.3. The second-order valence-electron chi connectivity index (χ2n) is 12.0. The lowest BCUT2D eigenvalue weighted by Gasteiger charge is -2.29. The zero-order valence-corrected chi connectivity index (χ0v) is 24.8. The van der Waals surface area contributed by atoms with Crippen LogP contribution in [0.4, 0.5) is 0 Å². The van der Waals surface area contributed by atoms with E-state index < -0.39 is 0 Å². The molecular weight excluding hydrogens is 562 g/mol. The Kier molecular flexibility index (Phi) is 5.34. The molecule has 10 rings (SSSR count). The van der Waals surface area contributed by atoms with Gasteiger partial charge < -0.3 is 9.47 Å². The largest absolute Gasteiger partial charge is 0.348 e.